The highest BCUT2D eigenvalue weighted by Crippen LogP contribution is 2.35. The largest absolute Gasteiger partial charge is 0.491 e. The summed E-state index contributed by atoms with van der Waals surface area (Å²) in [7, 11) is 0. The highest BCUT2D eigenvalue weighted by atomic mass is 35.5. The van der Waals surface area contributed by atoms with E-state index in [1.54, 1.807) is 6.07 Å². The normalized spacial score (nSPS) is 20.4. The van der Waals surface area contributed by atoms with Crippen LogP contribution >= 0.6 is 11.6 Å². The van der Waals surface area contributed by atoms with Gasteiger partial charge in [-0.25, -0.2) is 4.39 Å². The number of nitrogens with two attached hydrogens (primary N) is 1. The van der Waals surface area contributed by atoms with Gasteiger partial charge in [0.1, 0.15) is 18.2 Å². The zero-order valence-corrected chi connectivity index (χ0v) is 6.94. The number of ether oxygens (including phenoxy) is 1. The van der Waals surface area contributed by atoms with Crippen molar-refractivity contribution in [2.45, 2.75) is 6.04 Å². The number of hydrogen-bond donors (Lipinski definition) is 1. The van der Waals surface area contributed by atoms with Crippen LogP contribution in [0, 0.1) is 5.82 Å². The molecule has 1 heterocycles. The van der Waals surface area contributed by atoms with Crippen LogP contribution in [0.1, 0.15) is 11.6 Å². The molecule has 0 bridgehead atoms. The predicted octanol–water partition coefficient (Wildman–Crippen LogP) is 1.87. The van der Waals surface area contributed by atoms with Crippen molar-refractivity contribution >= 4 is 11.6 Å². The molecular formula is C8H7ClFNO. The summed E-state index contributed by atoms with van der Waals surface area (Å²) in [5, 5.41) is 0.0923. The molecule has 64 valence electrons. The molecule has 1 aliphatic heterocycles. The highest BCUT2D eigenvalue weighted by Gasteiger charge is 2.25. The van der Waals surface area contributed by atoms with Crippen molar-refractivity contribution in [2.75, 3.05) is 6.61 Å². The Balaban J connectivity index is 2.63. The number of fused-ring (bicyclic) bond motifs is 1. The van der Waals surface area contributed by atoms with Crippen LogP contribution in [0.15, 0.2) is 12.1 Å². The van der Waals surface area contributed by atoms with Crippen LogP contribution in [0.5, 0.6) is 5.75 Å². The minimum Gasteiger partial charge on any atom is -0.491 e. The highest BCUT2D eigenvalue weighted by molar-refractivity contribution is 6.30. The molecule has 2 N–H and O–H groups in total. The Labute approximate surface area is 74.1 Å². The molecule has 0 saturated heterocycles. The van der Waals surface area contributed by atoms with E-state index in [0.717, 1.165) is 0 Å². The van der Waals surface area contributed by atoms with Crippen molar-refractivity contribution < 1.29 is 9.13 Å². The van der Waals surface area contributed by atoms with Crippen LogP contribution in [0.25, 0.3) is 0 Å². The standard InChI is InChI=1S/C8H7ClFNO/c9-4-1-2-6-7(8(4)10)5(11)3-12-6/h1-2,5H,3,11H2. The minimum atomic E-state index is -0.459. The van der Waals surface area contributed by atoms with Crippen molar-refractivity contribution in [2.24, 2.45) is 5.73 Å². The van der Waals surface area contributed by atoms with Gasteiger partial charge in [0.05, 0.1) is 16.6 Å². The average Bonchev–Trinajstić information content (AvgIpc) is 2.41. The number of rotatable bonds is 0. The van der Waals surface area contributed by atoms with Gasteiger partial charge in [0.15, 0.2) is 0 Å². The quantitative estimate of drug-likeness (QED) is 0.673. The first-order valence-corrected chi connectivity index (χ1v) is 3.94. The first kappa shape index (κ1) is 7.83. The van der Waals surface area contributed by atoms with E-state index in [-0.39, 0.29) is 5.02 Å². The first-order chi connectivity index (χ1) is 5.70. The van der Waals surface area contributed by atoms with Crippen molar-refractivity contribution in [1.82, 2.24) is 0 Å². The van der Waals surface area contributed by atoms with E-state index in [1.807, 2.05) is 0 Å². The molecule has 0 radical (unpaired) electrons. The van der Waals surface area contributed by atoms with Gasteiger partial charge in [0.2, 0.25) is 0 Å². The van der Waals surface area contributed by atoms with Crippen LogP contribution in [0.4, 0.5) is 4.39 Å². The van der Waals surface area contributed by atoms with Gasteiger partial charge in [-0.3, -0.25) is 0 Å². The number of hydrogen-bond acceptors (Lipinski definition) is 2. The van der Waals surface area contributed by atoms with E-state index < -0.39 is 11.9 Å². The number of halogens is 2. The molecule has 2 rings (SSSR count). The molecule has 1 atom stereocenters. The van der Waals surface area contributed by atoms with Crippen LogP contribution in [0.2, 0.25) is 5.02 Å². The van der Waals surface area contributed by atoms with E-state index in [9.17, 15) is 4.39 Å². The number of benzene rings is 1. The monoisotopic (exact) mass is 187 g/mol. The summed E-state index contributed by atoms with van der Waals surface area (Å²) >= 11 is 5.57. The summed E-state index contributed by atoms with van der Waals surface area (Å²) < 4.78 is 18.4. The third kappa shape index (κ3) is 0.974. The molecule has 4 heteroatoms. The average molecular weight is 188 g/mol. The summed E-state index contributed by atoms with van der Waals surface area (Å²) in [5.74, 6) is 0.0450. The lowest BCUT2D eigenvalue weighted by Gasteiger charge is -2.03. The topological polar surface area (TPSA) is 35.2 Å². The van der Waals surface area contributed by atoms with Gasteiger partial charge in [-0.1, -0.05) is 11.6 Å². The van der Waals surface area contributed by atoms with E-state index in [2.05, 4.69) is 0 Å². The molecule has 0 aromatic heterocycles. The van der Waals surface area contributed by atoms with Crippen molar-refractivity contribution in [3.63, 3.8) is 0 Å². The summed E-state index contributed by atoms with van der Waals surface area (Å²) in [6.07, 6.45) is 0. The van der Waals surface area contributed by atoms with Gasteiger partial charge < -0.3 is 10.5 Å². The maximum atomic E-state index is 13.3. The summed E-state index contributed by atoms with van der Waals surface area (Å²) in [6.45, 7) is 0.326. The molecule has 1 aromatic rings. The van der Waals surface area contributed by atoms with E-state index >= 15 is 0 Å². The Hall–Kier alpha value is -0.800. The molecule has 0 spiro atoms. The summed E-state index contributed by atoms with van der Waals surface area (Å²) in [6, 6.07) is 2.71. The fourth-order valence-corrected chi connectivity index (χ4v) is 1.45. The zero-order valence-electron chi connectivity index (χ0n) is 6.18. The smallest absolute Gasteiger partial charge is 0.150 e. The van der Waals surface area contributed by atoms with Gasteiger partial charge in [0.25, 0.3) is 0 Å². The fourth-order valence-electron chi connectivity index (χ4n) is 1.28. The predicted molar refractivity (Wildman–Crippen MR) is 43.8 cm³/mol. The Morgan fingerprint density at radius 1 is 1.58 bits per heavy atom. The van der Waals surface area contributed by atoms with Crippen LogP contribution < -0.4 is 10.5 Å². The van der Waals surface area contributed by atoms with Crippen molar-refractivity contribution in [3.8, 4) is 5.75 Å². The molecule has 0 fully saturated rings. The lowest BCUT2D eigenvalue weighted by molar-refractivity contribution is 0.333. The van der Waals surface area contributed by atoms with Crippen molar-refractivity contribution in [3.05, 3.63) is 28.5 Å². The van der Waals surface area contributed by atoms with Crippen LogP contribution in [-0.4, -0.2) is 6.61 Å². The molecule has 0 aliphatic carbocycles. The molecule has 1 unspecified atom stereocenters. The molecule has 1 aliphatic rings. The molecule has 0 amide bonds. The van der Waals surface area contributed by atoms with E-state index in [0.29, 0.717) is 17.9 Å². The second kappa shape index (κ2) is 2.61. The Bertz CT molecular complexity index is 329. The van der Waals surface area contributed by atoms with Gasteiger partial charge in [-0.15, -0.1) is 0 Å². The summed E-state index contributed by atoms with van der Waals surface area (Å²) in [5.41, 5.74) is 5.98. The maximum absolute atomic E-state index is 13.3. The van der Waals surface area contributed by atoms with Crippen molar-refractivity contribution in [1.29, 1.82) is 0 Å². The second-order valence-electron chi connectivity index (χ2n) is 2.69. The molecule has 0 saturated carbocycles. The van der Waals surface area contributed by atoms with Crippen LogP contribution in [-0.2, 0) is 0 Å². The first-order valence-electron chi connectivity index (χ1n) is 3.56. The molecular weight excluding hydrogens is 181 g/mol. The Kier molecular flexibility index (Phi) is 1.70. The van der Waals surface area contributed by atoms with E-state index in [1.165, 1.54) is 6.07 Å². The fraction of sp³-hybridized carbons (Fsp3) is 0.250. The summed E-state index contributed by atoms with van der Waals surface area (Å²) in [4.78, 5) is 0. The third-order valence-corrected chi connectivity index (χ3v) is 2.17. The third-order valence-electron chi connectivity index (χ3n) is 1.88. The van der Waals surface area contributed by atoms with E-state index in [4.69, 9.17) is 22.1 Å². The zero-order chi connectivity index (χ0) is 8.72. The van der Waals surface area contributed by atoms with Gasteiger partial charge in [-0.2, -0.15) is 0 Å². The minimum absolute atomic E-state index is 0.0923. The van der Waals surface area contributed by atoms with Gasteiger partial charge in [-0.05, 0) is 12.1 Å². The lowest BCUT2D eigenvalue weighted by atomic mass is 10.1. The van der Waals surface area contributed by atoms with Gasteiger partial charge in [0, 0.05) is 0 Å². The Morgan fingerprint density at radius 3 is 3.08 bits per heavy atom. The van der Waals surface area contributed by atoms with Crippen LogP contribution in [0.3, 0.4) is 0 Å². The maximum Gasteiger partial charge on any atom is 0.150 e. The Morgan fingerprint density at radius 2 is 2.33 bits per heavy atom. The molecule has 2 nitrogen and oxygen atoms in total. The molecule has 1 aromatic carbocycles. The SMILES string of the molecule is NC1COc2ccc(Cl)c(F)c21. The second-order valence-corrected chi connectivity index (χ2v) is 3.10. The molecule has 12 heavy (non-hydrogen) atoms. The van der Waals surface area contributed by atoms with Gasteiger partial charge >= 0.3 is 0 Å². The lowest BCUT2D eigenvalue weighted by Crippen LogP contribution is -2.12.